The maximum Gasteiger partial charge on any atom is 0.233 e. The average molecular weight is 270 g/mol. The average Bonchev–Trinajstić information content (AvgIpc) is 2.55. The van der Waals surface area contributed by atoms with E-state index in [1.807, 2.05) is 11.8 Å². The third-order valence-electron chi connectivity index (χ3n) is 3.68. The van der Waals surface area contributed by atoms with Crippen molar-refractivity contribution in [3.8, 4) is 0 Å². The van der Waals surface area contributed by atoms with Gasteiger partial charge in [0.2, 0.25) is 5.91 Å². The van der Waals surface area contributed by atoms with Gasteiger partial charge in [0.1, 0.15) is 0 Å². The summed E-state index contributed by atoms with van der Waals surface area (Å²) in [7, 11) is 2.07. The second-order valence-electron chi connectivity index (χ2n) is 5.36. The molecule has 1 fully saturated rings. The first kappa shape index (κ1) is 15.8. The lowest BCUT2D eigenvalue weighted by molar-refractivity contribution is -0.135. The zero-order valence-corrected chi connectivity index (χ0v) is 12.2. The van der Waals surface area contributed by atoms with E-state index in [1.165, 1.54) is 0 Å². The van der Waals surface area contributed by atoms with E-state index in [-0.39, 0.29) is 17.8 Å². The summed E-state index contributed by atoms with van der Waals surface area (Å²) in [5.41, 5.74) is 5.66. The van der Waals surface area contributed by atoms with Crippen molar-refractivity contribution in [2.75, 3.05) is 26.7 Å². The largest absolute Gasteiger partial charge is 0.409 e. The molecule has 0 aromatic heterocycles. The van der Waals surface area contributed by atoms with Crippen LogP contribution in [0.25, 0.3) is 0 Å². The topological polar surface area (TPSA) is 82.2 Å². The second kappa shape index (κ2) is 7.33. The number of nitrogens with two attached hydrogens (primary N) is 1. The van der Waals surface area contributed by atoms with Crippen LogP contribution in [0.4, 0.5) is 0 Å². The lowest BCUT2D eigenvalue weighted by Crippen LogP contribution is -2.47. The molecule has 2 atom stereocenters. The molecule has 1 heterocycles. The van der Waals surface area contributed by atoms with E-state index in [0.29, 0.717) is 6.42 Å². The number of oxime groups is 1. The number of hydrogen-bond acceptors (Lipinski definition) is 4. The van der Waals surface area contributed by atoms with Crippen molar-refractivity contribution in [3.05, 3.63) is 0 Å². The van der Waals surface area contributed by atoms with E-state index in [9.17, 15) is 4.79 Å². The van der Waals surface area contributed by atoms with E-state index in [4.69, 9.17) is 10.9 Å². The van der Waals surface area contributed by atoms with Gasteiger partial charge in [-0.2, -0.15) is 0 Å². The Hall–Kier alpha value is -1.30. The van der Waals surface area contributed by atoms with Gasteiger partial charge in [-0.3, -0.25) is 4.79 Å². The van der Waals surface area contributed by atoms with Gasteiger partial charge in [-0.05, 0) is 33.4 Å². The Labute approximate surface area is 115 Å². The molecule has 1 aliphatic rings. The summed E-state index contributed by atoms with van der Waals surface area (Å²) in [4.78, 5) is 16.7. The molecule has 1 rings (SSSR count). The molecule has 0 aromatic carbocycles. The Bertz CT molecular complexity index is 333. The SMILES string of the molecule is CCCC(C(=O)N1CCCN(C)CC1C)C(N)=NO. The zero-order valence-electron chi connectivity index (χ0n) is 12.2. The predicted octanol–water partition coefficient (Wildman–Crippen LogP) is 0.702. The fourth-order valence-electron chi connectivity index (χ4n) is 2.66. The number of nitrogens with zero attached hydrogens (tertiary/aromatic N) is 3. The molecule has 0 aromatic rings. The standard InChI is InChI=1S/C13H26N4O2/c1-4-6-11(12(14)15-19)13(18)17-8-5-7-16(3)9-10(17)2/h10-11,19H,4-9H2,1-3H3,(H2,14,15). The molecule has 1 aliphatic heterocycles. The van der Waals surface area contributed by atoms with E-state index in [0.717, 1.165) is 32.5 Å². The normalized spacial score (nSPS) is 24.1. The highest BCUT2D eigenvalue weighted by molar-refractivity contribution is 6.02. The first-order valence-electron chi connectivity index (χ1n) is 6.97. The van der Waals surface area contributed by atoms with Crippen molar-refractivity contribution in [1.82, 2.24) is 9.80 Å². The fraction of sp³-hybridized carbons (Fsp3) is 0.846. The Morgan fingerprint density at radius 1 is 1.53 bits per heavy atom. The number of hydrogen-bond donors (Lipinski definition) is 2. The molecule has 0 radical (unpaired) electrons. The van der Waals surface area contributed by atoms with Crippen LogP contribution < -0.4 is 5.73 Å². The van der Waals surface area contributed by atoms with Crippen LogP contribution in [0.2, 0.25) is 0 Å². The summed E-state index contributed by atoms with van der Waals surface area (Å²) in [6.07, 6.45) is 2.41. The maximum absolute atomic E-state index is 12.6. The minimum absolute atomic E-state index is 0.0139. The van der Waals surface area contributed by atoms with Crippen molar-refractivity contribution in [2.45, 2.75) is 39.2 Å². The second-order valence-corrected chi connectivity index (χ2v) is 5.36. The van der Waals surface area contributed by atoms with E-state index in [1.54, 1.807) is 0 Å². The van der Waals surface area contributed by atoms with Gasteiger partial charge in [0.15, 0.2) is 5.84 Å². The summed E-state index contributed by atoms with van der Waals surface area (Å²) in [5, 5.41) is 11.8. The molecule has 6 nitrogen and oxygen atoms in total. The zero-order chi connectivity index (χ0) is 14.4. The number of amides is 1. The summed E-state index contributed by atoms with van der Waals surface area (Å²) < 4.78 is 0. The summed E-state index contributed by atoms with van der Waals surface area (Å²) in [6, 6.07) is 0.158. The quantitative estimate of drug-likeness (QED) is 0.341. The van der Waals surface area contributed by atoms with Gasteiger partial charge in [-0.1, -0.05) is 18.5 Å². The Kier molecular flexibility index (Phi) is 6.08. The molecule has 1 amide bonds. The maximum atomic E-state index is 12.6. The van der Waals surface area contributed by atoms with Crippen LogP contribution in [0.15, 0.2) is 5.16 Å². The molecule has 2 unspecified atom stereocenters. The molecule has 0 spiro atoms. The molecule has 0 aliphatic carbocycles. The number of carbonyl (C=O) groups excluding carboxylic acids is 1. The highest BCUT2D eigenvalue weighted by Gasteiger charge is 2.31. The molecule has 1 saturated heterocycles. The van der Waals surface area contributed by atoms with Crippen molar-refractivity contribution >= 4 is 11.7 Å². The molecule has 3 N–H and O–H groups in total. The van der Waals surface area contributed by atoms with Gasteiger partial charge in [-0.15, -0.1) is 0 Å². The Balaban J connectivity index is 2.82. The Morgan fingerprint density at radius 3 is 2.79 bits per heavy atom. The van der Waals surface area contributed by atoms with Crippen molar-refractivity contribution in [1.29, 1.82) is 0 Å². The molecule has 19 heavy (non-hydrogen) atoms. The molecule has 110 valence electrons. The van der Waals surface area contributed by atoms with Gasteiger partial charge in [0.25, 0.3) is 0 Å². The molecule has 0 saturated carbocycles. The summed E-state index contributed by atoms with van der Waals surface area (Å²) in [6.45, 7) is 6.64. The number of rotatable bonds is 4. The van der Waals surface area contributed by atoms with Gasteiger partial charge < -0.3 is 20.7 Å². The van der Waals surface area contributed by atoms with Crippen molar-refractivity contribution in [2.24, 2.45) is 16.8 Å². The Morgan fingerprint density at radius 2 is 2.21 bits per heavy atom. The summed E-state index contributed by atoms with van der Waals surface area (Å²) in [5.74, 6) is -0.488. The number of carbonyl (C=O) groups is 1. The van der Waals surface area contributed by atoms with Crippen LogP contribution in [0.3, 0.4) is 0 Å². The third-order valence-corrected chi connectivity index (χ3v) is 3.68. The van der Waals surface area contributed by atoms with Crippen molar-refractivity contribution < 1.29 is 10.0 Å². The van der Waals surface area contributed by atoms with Gasteiger partial charge in [0.05, 0.1) is 5.92 Å². The minimum Gasteiger partial charge on any atom is -0.409 e. The van der Waals surface area contributed by atoms with Crippen LogP contribution in [0.5, 0.6) is 0 Å². The molecule has 6 heteroatoms. The molecular formula is C13H26N4O2. The monoisotopic (exact) mass is 270 g/mol. The van der Waals surface area contributed by atoms with E-state index >= 15 is 0 Å². The van der Waals surface area contributed by atoms with Gasteiger partial charge in [-0.25, -0.2) is 0 Å². The van der Waals surface area contributed by atoms with Crippen LogP contribution in [-0.2, 0) is 4.79 Å². The number of amidine groups is 1. The number of likely N-dealkylation sites (N-methyl/N-ethyl adjacent to an activating group) is 1. The highest BCUT2D eigenvalue weighted by atomic mass is 16.4. The van der Waals surface area contributed by atoms with Crippen LogP contribution in [-0.4, -0.2) is 59.5 Å². The van der Waals surface area contributed by atoms with Crippen LogP contribution in [0.1, 0.15) is 33.1 Å². The molecule has 0 bridgehead atoms. The predicted molar refractivity (Wildman–Crippen MR) is 75.1 cm³/mol. The van der Waals surface area contributed by atoms with Crippen LogP contribution in [0, 0.1) is 5.92 Å². The fourth-order valence-corrected chi connectivity index (χ4v) is 2.66. The lowest BCUT2D eigenvalue weighted by atomic mass is 10.00. The highest BCUT2D eigenvalue weighted by Crippen LogP contribution is 2.16. The van der Waals surface area contributed by atoms with Gasteiger partial charge >= 0.3 is 0 Å². The molecular weight excluding hydrogens is 244 g/mol. The van der Waals surface area contributed by atoms with Crippen LogP contribution >= 0.6 is 0 Å². The van der Waals surface area contributed by atoms with Gasteiger partial charge in [0, 0.05) is 19.1 Å². The minimum atomic E-state index is -0.499. The smallest absolute Gasteiger partial charge is 0.233 e. The summed E-state index contributed by atoms with van der Waals surface area (Å²) >= 11 is 0. The van der Waals surface area contributed by atoms with E-state index in [2.05, 4.69) is 24.0 Å². The third kappa shape index (κ3) is 4.09. The lowest BCUT2D eigenvalue weighted by Gasteiger charge is -2.31. The van der Waals surface area contributed by atoms with E-state index < -0.39 is 5.92 Å². The first-order valence-corrected chi connectivity index (χ1v) is 6.97. The van der Waals surface area contributed by atoms with Crippen molar-refractivity contribution in [3.63, 3.8) is 0 Å². The first-order chi connectivity index (χ1) is 9.01.